The predicted octanol–water partition coefficient (Wildman–Crippen LogP) is 8.16. The van der Waals surface area contributed by atoms with Crippen LogP contribution in [0.4, 0.5) is 5.69 Å². The van der Waals surface area contributed by atoms with Crippen LogP contribution in [0, 0.1) is 28.4 Å². The fourth-order valence-corrected chi connectivity index (χ4v) is 6.66. The number of rotatable bonds is 12. The first kappa shape index (κ1) is 34.2. The molecule has 2 aromatic heterocycles. The van der Waals surface area contributed by atoms with Crippen molar-refractivity contribution < 1.29 is 28.8 Å². The fraction of sp³-hybridized carbons (Fsp3) is 0.158. The van der Waals surface area contributed by atoms with Gasteiger partial charge in [-0.15, -0.1) is 11.3 Å². The Balaban J connectivity index is 1.68. The Bertz CT molecular complexity index is 2110. The van der Waals surface area contributed by atoms with Gasteiger partial charge in [-0.05, 0) is 61.7 Å². The highest BCUT2D eigenvalue weighted by Gasteiger charge is 2.28. The zero-order valence-corrected chi connectivity index (χ0v) is 27.8. The summed E-state index contributed by atoms with van der Waals surface area (Å²) in [6.07, 6.45) is 1.18. The summed E-state index contributed by atoms with van der Waals surface area (Å²) in [5, 5.41) is 21.7. The van der Waals surface area contributed by atoms with Crippen molar-refractivity contribution in [1.82, 2.24) is 4.57 Å². The second-order valence-corrected chi connectivity index (χ2v) is 11.8. The van der Waals surface area contributed by atoms with Gasteiger partial charge in [0.15, 0.2) is 5.78 Å². The number of hydrogen-bond donors (Lipinski definition) is 0. The van der Waals surface area contributed by atoms with Crippen molar-refractivity contribution >= 4 is 40.8 Å². The molecule has 0 aliphatic heterocycles. The van der Waals surface area contributed by atoms with Crippen LogP contribution in [-0.2, 0) is 20.7 Å². The topological polar surface area (TPSA) is 142 Å². The molecule has 0 spiro atoms. The SMILES string of the molecule is CCOC(=O)c1sc(CC(=O)/C(C#N)=C/c2cc(-c3ccccc3)n(-c3ccc([N+](=O)[O-])cc3)c2-c2ccccc2)c(C(=O)OCC)c1C. The number of nitriles is 1. The number of nitro benzene ring substituents is 1. The van der Waals surface area contributed by atoms with E-state index in [0.29, 0.717) is 27.4 Å². The van der Waals surface area contributed by atoms with E-state index in [4.69, 9.17) is 9.47 Å². The number of aromatic nitrogens is 1. The monoisotopic (exact) mass is 673 g/mol. The summed E-state index contributed by atoms with van der Waals surface area (Å²) in [6.45, 7) is 5.15. The van der Waals surface area contributed by atoms with Crippen LogP contribution in [0.2, 0.25) is 0 Å². The number of non-ortho nitro benzene ring substituents is 1. The van der Waals surface area contributed by atoms with Gasteiger partial charge in [-0.2, -0.15) is 5.26 Å². The van der Waals surface area contributed by atoms with Gasteiger partial charge in [0, 0.05) is 34.7 Å². The summed E-state index contributed by atoms with van der Waals surface area (Å²) in [5.74, 6) is -1.84. The highest BCUT2D eigenvalue weighted by atomic mass is 32.1. The summed E-state index contributed by atoms with van der Waals surface area (Å²) in [7, 11) is 0. The molecule has 0 fully saturated rings. The smallest absolute Gasteiger partial charge is 0.348 e. The van der Waals surface area contributed by atoms with E-state index in [-0.39, 0.29) is 41.3 Å². The lowest BCUT2D eigenvalue weighted by atomic mass is 10.0. The molecule has 0 atom stereocenters. The number of Topliss-reactive ketones (excluding diaryl/α,β-unsaturated/α-hetero) is 1. The lowest BCUT2D eigenvalue weighted by Crippen LogP contribution is -2.12. The number of nitrogens with zero attached hydrogens (tertiary/aromatic N) is 3. The molecule has 0 radical (unpaired) electrons. The first-order chi connectivity index (χ1) is 23.7. The average Bonchev–Trinajstić information content (AvgIpc) is 3.65. The van der Waals surface area contributed by atoms with Crippen molar-refractivity contribution in [2.75, 3.05) is 13.2 Å². The highest BCUT2D eigenvalue weighted by molar-refractivity contribution is 7.14. The Morgan fingerprint density at radius 2 is 1.49 bits per heavy atom. The number of thiophene rings is 1. The number of carbonyl (C=O) groups is 3. The van der Waals surface area contributed by atoms with Gasteiger partial charge < -0.3 is 14.0 Å². The predicted molar refractivity (Wildman–Crippen MR) is 187 cm³/mol. The quantitative estimate of drug-likeness (QED) is 0.0425. The number of ether oxygens (including phenoxy) is 2. The lowest BCUT2D eigenvalue weighted by Gasteiger charge is -2.15. The number of carbonyl (C=O) groups excluding carboxylic acids is 3. The molecular formula is C38H31N3O7S. The first-order valence-electron chi connectivity index (χ1n) is 15.4. The molecule has 246 valence electrons. The van der Waals surface area contributed by atoms with Crippen LogP contribution in [0.1, 0.15) is 49.9 Å². The third kappa shape index (κ3) is 7.25. The number of esters is 2. The van der Waals surface area contributed by atoms with Crippen molar-refractivity contribution in [1.29, 1.82) is 5.26 Å². The maximum absolute atomic E-state index is 13.9. The van der Waals surface area contributed by atoms with Crippen molar-refractivity contribution in [2.24, 2.45) is 0 Å². The van der Waals surface area contributed by atoms with Crippen LogP contribution in [0.3, 0.4) is 0 Å². The van der Waals surface area contributed by atoms with Crippen LogP contribution < -0.4 is 0 Å². The van der Waals surface area contributed by atoms with Gasteiger partial charge in [0.1, 0.15) is 10.9 Å². The second-order valence-electron chi connectivity index (χ2n) is 10.7. The van der Waals surface area contributed by atoms with E-state index in [1.165, 1.54) is 18.2 Å². The van der Waals surface area contributed by atoms with E-state index in [1.54, 1.807) is 32.9 Å². The van der Waals surface area contributed by atoms with Crippen LogP contribution in [0.15, 0.2) is 96.6 Å². The van der Waals surface area contributed by atoms with Crippen LogP contribution in [0.5, 0.6) is 0 Å². The second kappa shape index (κ2) is 15.2. The van der Waals surface area contributed by atoms with Crippen molar-refractivity contribution in [3.8, 4) is 34.3 Å². The van der Waals surface area contributed by atoms with E-state index in [1.807, 2.05) is 77.4 Å². The minimum Gasteiger partial charge on any atom is -0.462 e. The molecule has 49 heavy (non-hydrogen) atoms. The summed E-state index contributed by atoms with van der Waals surface area (Å²) < 4.78 is 12.3. The number of allylic oxidation sites excluding steroid dienone is 1. The van der Waals surface area contributed by atoms with Crippen molar-refractivity contribution in [3.05, 3.63) is 133 Å². The minimum atomic E-state index is -0.670. The standard InChI is InChI=1S/C38H31N3O7S/c1-4-47-37(43)34-24(3)36(38(44)48-5-2)49-33(34)22-32(42)28(23-39)20-27-21-31(25-12-8-6-9-13-25)40(35(27)26-14-10-7-11-15-26)29-16-18-30(19-17-29)41(45)46/h6-21H,4-5,22H2,1-3H3/b28-20+. The van der Waals surface area contributed by atoms with Gasteiger partial charge >= 0.3 is 11.9 Å². The van der Waals surface area contributed by atoms with E-state index >= 15 is 0 Å². The largest absolute Gasteiger partial charge is 0.462 e. The molecule has 10 nitrogen and oxygen atoms in total. The summed E-state index contributed by atoms with van der Waals surface area (Å²) in [5.41, 5.74) is 4.40. The number of ketones is 1. The van der Waals surface area contributed by atoms with Crippen molar-refractivity contribution in [3.63, 3.8) is 0 Å². The van der Waals surface area contributed by atoms with Gasteiger partial charge in [0.25, 0.3) is 5.69 Å². The highest BCUT2D eigenvalue weighted by Crippen LogP contribution is 2.38. The molecule has 5 rings (SSSR count). The molecule has 0 N–H and O–H groups in total. The normalized spacial score (nSPS) is 11.1. The fourth-order valence-electron chi connectivity index (χ4n) is 5.48. The van der Waals surface area contributed by atoms with Crippen LogP contribution in [0.25, 0.3) is 34.3 Å². The zero-order valence-electron chi connectivity index (χ0n) is 27.0. The molecule has 5 aromatic rings. The van der Waals surface area contributed by atoms with Gasteiger partial charge in [0.05, 0.1) is 40.7 Å². The van der Waals surface area contributed by atoms with E-state index in [9.17, 15) is 29.8 Å². The molecule has 0 saturated carbocycles. The summed E-state index contributed by atoms with van der Waals surface area (Å²) >= 11 is 0.970. The first-order valence-corrected chi connectivity index (χ1v) is 16.2. The maximum atomic E-state index is 13.9. The molecule has 0 aliphatic rings. The van der Waals surface area contributed by atoms with Crippen LogP contribution in [-0.4, -0.2) is 40.4 Å². The van der Waals surface area contributed by atoms with Crippen molar-refractivity contribution in [2.45, 2.75) is 27.2 Å². The van der Waals surface area contributed by atoms with E-state index in [2.05, 4.69) is 0 Å². The number of nitro groups is 1. The maximum Gasteiger partial charge on any atom is 0.348 e. The Labute approximate surface area is 286 Å². The molecule has 0 aliphatic carbocycles. The molecule has 11 heteroatoms. The Morgan fingerprint density at radius 1 is 0.898 bits per heavy atom. The minimum absolute atomic E-state index is 0.0620. The lowest BCUT2D eigenvalue weighted by molar-refractivity contribution is -0.384. The Hall–Kier alpha value is -6.12. The molecule has 2 heterocycles. The summed E-state index contributed by atoms with van der Waals surface area (Å²) in [4.78, 5) is 50.9. The third-order valence-electron chi connectivity index (χ3n) is 7.67. The van der Waals surface area contributed by atoms with E-state index in [0.717, 1.165) is 28.2 Å². The molecule has 0 saturated heterocycles. The van der Waals surface area contributed by atoms with Gasteiger partial charge in [-0.1, -0.05) is 60.7 Å². The van der Waals surface area contributed by atoms with Gasteiger partial charge in [-0.3, -0.25) is 14.9 Å². The molecule has 3 aromatic carbocycles. The Kier molecular flexibility index (Phi) is 10.6. The molecule has 0 unspecified atom stereocenters. The molecular weight excluding hydrogens is 642 g/mol. The number of hydrogen-bond acceptors (Lipinski definition) is 9. The zero-order chi connectivity index (χ0) is 35.1. The van der Waals surface area contributed by atoms with E-state index < -0.39 is 22.6 Å². The van der Waals surface area contributed by atoms with Gasteiger partial charge in [0.2, 0.25) is 0 Å². The van der Waals surface area contributed by atoms with Gasteiger partial charge in [-0.25, -0.2) is 9.59 Å². The van der Waals surface area contributed by atoms with Crippen LogP contribution >= 0.6 is 11.3 Å². The number of benzene rings is 3. The average molecular weight is 674 g/mol. The molecule has 0 bridgehead atoms. The third-order valence-corrected chi connectivity index (χ3v) is 8.94. The Morgan fingerprint density at radius 3 is 2.06 bits per heavy atom. The molecule has 0 amide bonds. The summed E-state index contributed by atoms with van der Waals surface area (Å²) in [6, 6.07) is 29.0.